The molecule has 0 fully saturated rings. The molecular weight excluding hydrogens is 504 g/mol. The van der Waals surface area contributed by atoms with E-state index < -0.39 is 47.3 Å². The number of carbonyl (C=O) groups is 8. The highest BCUT2D eigenvalue weighted by Gasteiger charge is 2.21. The molecule has 1 aromatic carbocycles. The molecular formula is C22H26N8O8. The summed E-state index contributed by atoms with van der Waals surface area (Å²) in [5, 5.41) is 19.5. The summed E-state index contributed by atoms with van der Waals surface area (Å²) < 4.78 is 0. The lowest BCUT2D eigenvalue weighted by Crippen LogP contribution is -2.42. The number of hydrogen-bond acceptors (Lipinski definition) is 8. The summed E-state index contributed by atoms with van der Waals surface area (Å²) in [4.78, 5) is 97.0. The van der Waals surface area contributed by atoms with Crippen molar-refractivity contribution in [1.82, 2.24) is 21.3 Å². The van der Waals surface area contributed by atoms with Crippen LogP contribution in [0.2, 0.25) is 0 Å². The zero-order valence-corrected chi connectivity index (χ0v) is 20.1. The van der Waals surface area contributed by atoms with E-state index in [4.69, 9.17) is 0 Å². The molecule has 0 aromatic heterocycles. The van der Waals surface area contributed by atoms with Crippen LogP contribution in [0.4, 0.5) is 22.7 Å². The van der Waals surface area contributed by atoms with Gasteiger partial charge in [0.25, 0.3) is 0 Å². The first-order valence-electron chi connectivity index (χ1n) is 11.6. The molecule has 0 atom stereocenters. The van der Waals surface area contributed by atoms with Gasteiger partial charge in [0, 0.05) is 51.9 Å². The maximum absolute atomic E-state index is 12.5. The van der Waals surface area contributed by atoms with Crippen LogP contribution in [0.3, 0.4) is 0 Å². The minimum Gasteiger partial charge on any atom is -0.347 e. The van der Waals surface area contributed by atoms with Crippen molar-refractivity contribution in [2.75, 3.05) is 47.4 Å². The Balaban J connectivity index is 1.93. The van der Waals surface area contributed by atoms with Crippen molar-refractivity contribution >= 4 is 70.0 Å². The minimum absolute atomic E-state index is 0.0887. The van der Waals surface area contributed by atoms with Crippen LogP contribution in [-0.2, 0) is 38.4 Å². The van der Waals surface area contributed by atoms with Gasteiger partial charge >= 0.3 is 23.6 Å². The highest BCUT2D eigenvalue weighted by Crippen LogP contribution is 2.34. The van der Waals surface area contributed by atoms with Crippen molar-refractivity contribution < 1.29 is 38.4 Å². The van der Waals surface area contributed by atoms with Gasteiger partial charge in [-0.15, -0.1) is 0 Å². The second-order valence-corrected chi connectivity index (χ2v) is 8.16. The van der Waals surface area contributed by atoms with E-state index in [1.54, 1.807) is 0 Å². The van der Waals surface area contributed by atoms with Crippen LogP contribution in [0.15, 0.2) is 12.1 Å². The highest BCUT2D eigenvalue weighted by atomic mass is 16.2. The Morgan fingerprint density at radius 3 is 0.789 bits per heavy atom. The molecule has 16 heteroatoms. The van der Waals surface area contributed by atoms with E-state index >= 15 is 0 Å². The second kappa shape index (κ2) is 12.8. The fraction of sp³-hybridized carbons (Fsp3) is 0.364. The fourth-order valence-electron chi connectivity index (χ4n) is 3.34. The number of amides is 8. The van der Waals surface area contributed by atoms with Gasteiger partial charge in [0.05, 0.1) is 22.7 Å². The van der Waals surface area contributed by atoms with Crippen molar-refractivity contribution in [3.05, 3.63) is 12.1 Å². The van der Waals surface area contributed by atoms with Gasteiger partial charge in [-0.1, -0.05) is 0 Å². The molecule has 1 aromatic rings. The molecule has 0 saturated carbocycles. The smallest absolute Gasteiger partial charge is 0.309 e. The van der Waals surface area contributed by atoms with Gasteiger partial charge in [-0.25, -0.2) is 0 Å². The molecule has 202 valence electrons. The van der Waals surface area contributed by atoms with Gasteiger partial charge in [-0.3, -0.25) is 38.4 Å². The van der Waals surface area contributed by atoms with E-state index in [-0.39, 0.29) is 74.6 Å². The van der Waals surface area contributed by atoms with E-state index in [9.17, 15) is 38.4 Å². The van der Waals surface area contributed by atoms with Crippen LogP contribution < -0.4 is 42.5 Å². The first-order chi connectivity index (χ1) is 18.1. The summed E-state index contributed by atoms with van der Waals surface area (Å²) >= 11 is 0. The summed E-state index contributed by atoms with van der Waals surface area (Å²) in [6, 6.07) is 2.67. The fourth-order valence-corrected chi connectivity index (χ4v) is 3.34. The Kier molecular flexibility index (Phi) is 9.28. The van der Waals surface area contributed by atoms with E-state index in [2.05, 4.69) is 42.5 Å². The van der Waals surface area contributed by atoms with Crippen molar-refractivity contribution in [3.63, 3.8) is 0 Å². The molecule has 16 nitrogen and oxygen atoms in total. The number of carbonyl (C=O) groups excluding carboxylic acids is 8. The largest absolute Gasteiger partial charge is 0.347 e. The number of benzene rings is 1. The Morgan fingerprint density at radius 2 is 0.579 bits per heavy atom. The normalized spacial score (nSPS) is 18.7. The molecule has 0 unspecified atom stereocenters. The Morgan fingerprint density at radius 1 is 0.368 bits per heavy atom. The van der Waals surface area contributed by atoms with Crippen LogP contribution in [0.25, 0.3) is 0 Å². The van der Waals surface area contributed by atoms with Crippen molar-refractivity contribution in [1.29, 1.82) is 0 Å². The van der Waals surface area contributed by atoms with Crippen molar-refractivity contribution in [2.45, 2.75) is 25.7 Å². The van der Waals surface area contributed by atoms with Crippen LogP contribution in [0, 0.1) is 0 Å². The summed E-state index contributed by atoms with van der Waals surface area (Å²) in [6.45, 7) is -0.556. The lowest BCUT2D eigenvalue weighted by Gasteiger charge is -2.20. The maximum Gasteiger partial charge on any atom is 0.309 e. The number of rotatable bonds is 0. The van der Waals surface area contributed by atoms with E-state index in [1.165, 1.54) is 12.1 Å². The van der Waals surface area contributed by atoms with E-state index in [0.29, 0.717) is 0 Å². The van der Waals surface area contributed by atoms with Gasteiger partial charge < -0.3 is 42.5 Å². The molecule has 0 saturated heterocycles. The van der Waals surface area contributed by atoms with Crippen LogP contribution in [-0.4, -0.2) is 73.4 Å². The Hall–Kier alpha value is -5.02. The monoisotopic (exact) mass is 530 g/mol. The predicted octanol–water partition coefficient (Wildman–Crippen LogP) is -2.51. The molecule has 0 spiro atoms. The first kappa shape index (κ1) is 27.6. The quantitative estimate of drug-likeness (QED) is 0.167. The zero-order valence-electron chi connectivity index (χ0n) is 20.1. The van der Waals surface area contributed by atoms with Gasteiger partial charge in [0.15, 0.2) is 0 Å². The van der Waals surface area contributed by atoms with Crippen molar-refractivity contribution in [3.8, 4) is 0 Å². The number of anilines is 4. The van der Waals surface area contributed by atoms with Gasteiger partial charge in [0.1, 0.15) is 0 Å². The summed E-state index contributed by atoms with van der Waals surface area (Å²) in [7, 11) is 0. The lowest BCUT2D eigenvalue weighted by molar-refractivity contribution is -0.139. The standard InChI is InChI=1S/C22H26N8O8/c31-15-1-5-23-19(35)20(36)24-6-2-16(32)28-12-10-14-13(9-11(12)27-15)29-17(33)3-7-25-21(37)22(38)26-8-4-18(34)30-14/h9-10H,1-8H2,(H,23,35)(H,24,36)(H,25,37)(H,26,38)(H,27,31)(H,28,32)(H,29,33)(H,30,34). The third kappa shape index (κ3) is 8.00. The number of nitrogens with one attached hydrogen (secondary N) is 8. The molecule has 0 aliphatic carbocycles. The Labute approximate surface area is 215 Å². The highest BCUT2D eigenvalue weighted by molar-refractivity contribution is 6.35. The van der Waals surface area contributed by atoms with E-state index in [0.717, 1.165) is 0 Å². The van der Waals surface area contributed by atoms with Crippen LogP contribution >= 0.6 is 0 Å². The average molecular weight is 530 g/mol. The molecule has 3 rings (SSSR count). The van der Waals surface area contributed by atoms with Crippen LogP contribution in [0.1, 0.15) is 25.7 Å². The summed E-state index contributed by atoms with van der Waals surface area (Å²) in [6.07, 6.45) is -0.841. The average Bonchev–Trinajstić information content (AvgIpc) is 2.85. The topological polar surface area (TPSA) is 233 Å². The van der Waals surface area contributed by atoms with Gasteiger partial charge in [0.2, 0.25) is 23.6 Å². The number of hydrogen-bond donors (Lipinski definition) is 8. The SMILES string of the molecule is O=C1CCNC(=O)C(=O)NCCC(=O)Nc2cc3c(cc2N1)NC(=O)CCNC(=O)C(=O)NCCC(=O)N3. The molecule has 0 bridgehead atoms. The Bertz CT molecular complexity index is 1020. The molecule has 0 radical (unpaired) electrons. The lowest BCUT2D eigenvalue weighted by atomic mass is 10.1. The second-order valence-electron chi connectivity index (χ2n) is 8.16. The molecule has 38 heavy (non-hydrogen) atoms. The van der Waals surface area contributed by atoms with E-state index in [1.807, 2.05) is 0 Å². The van der Waals surface area contributed by atoms with Crippen LogP contribution in [0.5, 0.6) is 0 Å². The van der Waals surface area contributed by atoms with Gasteiger partial charge in [-0.05, 0) is 12.1 Å². The molecule has 2 heterocycles. The molecule has 8 amide bonds. The molecule has 8 N–H and O–H groups in total. The zero-order chi connectivity index (χ0) is 27.7. The number of fused-ring (bicyclic) bond motifs is 2. The molecule has 2 aliphatic rings. The minimum atomic E-state index is -0.948. The first-order valence-corrected chi connectivity index (χ1v) is 11.6. The predicted molar refractivity (Wildman–Crippen MR) is 131 cm³/mol. The summed E-state index contributed by atoms with van der Waals surface area (Å²) in [5.41, 5.74) is 0.355. The maximum atomic E-state index is 12.5. The third-order valence-electron chi connectivity index (χ3n) is 5.22. The van der Waals surface area contributed by atoms with Gasteiger partial charge in [-0.2, -0.15) is 0 Å². The summed E-state index contributed by atoms with van der Waals surface area (Å²) in [5.74, 6) is -6.09. The third-order valence-corrected chi connectivity index (χ3v) is 5.22. The van der Waals surface area contributed by atoms with Crippen molar-refractivity contribution in [2.24, 2.45) is 0 Å². The molecule has 2 aliphatic heterocycles.